The summed E-state index contributed by atoms with van der Waals surface area (Å²) in [4.78, 5) is 13.4. The van der Waals surface area contributed by atoms with E-state index in [4.69, 9.17) is 0 Å². The van der Waals surface area contributed by atoms with Gasteiger partial charge in [0.05, 0.1) is 5.92 Å². The number of aliphatic carboxylic acids is 1. The smallest absolute Gasteiger partial charge is 0.308 e. The summed E-state index contributed by atoms with van der Waals surface area (Å²) in [5.74, 6) is -0.756. The van der Waals surface area contributed by atoms with Gasteiger partial charge in [0.15, 0.2) is 0 Å². The molecule has 1 aliphatic rings. The number of carbonyl (C=O) groups is 1. The Kier molecular flexibility index (Phi) is 5.09. The van der Waals surface area contributed by atoms with E-state index >= 15 is 0 Å². The molecule has 0 aromatic carbocycles. The number of hydrogen-bond acceptors (Lipinski definition) is 2. The molecule has 0 radical (unpaired) electrons. The molecule has 0 aromatic heterocycles. The second-order valence-corrected chi connectivity index (χ2v) is 4.63. The summed E-state index contributed by atoms with van der Waals surface area (Å²) in [6.07, 6.45) is 6.46. The Morgan fingerprint density at radius 2 is 2.00 bits per heavy atom. The third-order valence-electron chi connectivity index (χ3n) is 3.44. The van der Waals surface area contributed by atoms with Crippen LogP contribution in [0.3, 0.4) is 0 Å². The van der Waals surface area contributed by atoms with Crippen molar-refractivity contribution in [2.75, 3.05) is 13.6 Å². The normalized spacial score (nSPS) is 27.7. The first-order chi connectivity index (χ1) is 7.16. The molecule has 0 heterocycles. The highest BCUT2D eigenvalue weighted by molar-refractivity contribution is 5.70. The minimum absolute atomic E-state index is 0.149. The quantitative estimate of drug-likeness (QED) is 0.729. The van der Waals surface area contributed by atoms with Crippen LogP contribution in [0.15, 0.2) is 0 Å². The molecule has 0 spiro atoms. The van der Waals surface area contributed by atoms with E-state index in [-0.39, 0.29) is 12.0 Å². The Hall–Kier alpha value is -0.570. The summed E-state index contributed by atoms with van der Waals surface area (Å²) in [5.41, 5.74) is 0. The van der Waals surface area contributed by atoms with Crippen LogP contribution in [0.5, 0.6) is 0 Å². The third kappa shape index (κ3) is 3.49. The summed E-state index contributed by atoms with van der Waals surface area (Å²) in [6.45, 7) is 3.15. The van der Waals surface area contributed by atoms with E-state index in [2.05, 4.69) is 18.9 Å². The SMILES string of the molecule is CCCN(C)C1CCCCCC1C(=O)O. The zero-order valence-electron chi connectivity index (χ0n) is 9.91. The maximum atomic E-state index is 11.2. The van der Waals surface area contributed by atoms with Gasteiger partial charge in [-0.25, -0.2) is 0 Å². The van der Waals surface area contributed by atoms with Crippen molar-refractivity contribution in [3.63, 3.8) is 0 Å². The maximum absolute atomic E-state index is 11.2. The molecule has 0 aromatic rings. The molecular formula is C12H23NO2. The van der Waals surface area contributed by atoms with E-state index < -0.39 is 5.97 Å². The highest BCUT2D eigenvalue weighted by atomic mass is 16.4. The first-order valence-electron chi connectivity index (χ1n) is 6.09. The van der Waals surface area contributed by atoms with Gasteiger partial charge in [0.25, 0.3) is 0 Å². The van der Waals surface area contributed by atoms with Crippen LogP contribution in [0.1, 0.15) is 45.4 Å². The van der Waals surface area contributed by atoms with E-state index in [1.165, 1.54) is 12.8 Å². The first-order valence-corrected chi connectivity index (χ1v) is 6.09. The van der Waals surface area contributed by atoms with Gasteiger partial charge in [0, 0.05) is 6.04 Å². The van der Waals surface area contributed by atoms with Crippen molar-refractivity contribution < 1.29 is 9.90 Å². The Labute approximate surface area is 92.5 Å². The standard InChI is InChI=1S/C12H23NO2/c1-3-9-13(2)11-8-6-4-5-7-10(11)12(14)15/h10-11H,3-9H2,1-2H3,(H,14,15). The Morgan fingerprint density at radius 3 is 2.60 bits per heavy atom. The number of rotatable bonds is 4. The third-order valence-corrected chi connectivity index (χ3v) is 3.44. The molecular weight excluding hydrogens is 190 g/mol. The summed E-state index contributed by atoms with van der Waals surface area (Å²) < 4.78 is 0. The molecule has 1 fully saturated rings. The molecule has 1 N–H and O–H groups in total. The molecule has 1 saturated carbocycles. The highest BCUT2D eigenvalue weighted by Crippen LogP contribution is 2.27. The van der Waals surface area contributed by atoms with Crippen molar-refractivity contribution in [1.82, 2.24) is 4.90 Å². The van der Waals surface area contributed by atoms with E-state index in [1.807, 2.05) is 0 Å². The Balaban J connectivity index is 2.65. The summed E-state index contributed by atoms with van der Waals surface area (Å²) >= 11 is 0. The summed E-state index contributed by atoms with van der Waals surface area (Å²) in [6, 6.07) is 0.255. The predicted molar refractivity (Wildman–Crippen MR) is 60.9 cm³/mol. The fourth-order valence-electron chi connectivity index (χ4n) is 2.62. The average Bonchev–Trinajstić information content (AvgIpc) is 2.42. The first kappa shape index (κ1) is 12.5. The number of nitrogens with zero attached hydrogens (tertiary/aromatic N) is 1. The zero-order chi connectivity index (χ0) is 11.3. The maximum Gasteiger partial charge on any atom is 0.308 e. The van der Waals surface area contributed by atoms with Gasteiger partial charge in [-0.1, -0.05) is 26.2 Å². The van der Waals surface area contributed by atoms with Gasteiger partial charge >= 0.3 is 5.97 Å². The second kappa shape index (κ2) is 6.11. The van der Waals surface area contributed by atoms with Crippen LogP contribution in [-0.2, 0) is 4.79 Å². The van der Waals surface area contributed by atoms with Crippen molar-refractivity contribution >= 4 is 5.97 Å². The van der Waals surface area contributed by atoms with Crippen LogP contribution >= 0.6 is 0 Å². The lowest BCUT2D eigenvalue weighted by Crippen LogP contribution is -2.41. The number of carboxylic acids is 1. The van der Waals surface area contributed by atoms with E-state index in [0.29, 0.717) is 0 Å². The van der Waals surface area contributed by atoms with Crippen molar-refractivity contribution in [2.45, 2.75) is 51.5 Å². The van der Waals surface area contributed by atoms with Gasteiger partial charge in [0.1, 0.15) is 0 Å². The van der Waals surface area contributed by atoms with Crippen molar-refractivity contribution in [3.8, 4) is 0 Å². The molecule has 0 aliphatic heterocycles. The summed E-state index contributed by atoms with van der Waals surface area (Å²) in [5, 5.41) is 9.22. The van der Waals surface area contributed by atoms with Crippen LogP contribution in [0, 0.1) is 5.92 Å². The van der Waals surface area contributed by atoms with Gasteiger partial charge in [0.2, 0.25) is 0 Å². The molecule has 15 heavy (non-hydrogen) atoms. The van der Waals surface area contributed by atoms with E-state index in [9.17, 15) is 9.90 Å². The predicted octanol–water partition coefficient (Wildman–Crippen LogP) is 2.36. The zero-order valence-corrected chi connectivity index (χ0v) is 9.91. The molecule has 3 heteroatoms. The largest absolute Gasteiger partial charge is 0.481 e. The molecule has 1 rings (SSSR count). The topological polar surface area (TPSA) is 40.5 Å². The number of carboxylic acid groups (broad SMARTS) is 1. The highest BCUT2D eigenvalue weighted by Gasteiger charge is 2.31. The van der Waals surface area contributed by atoms with Crippen LogP contribution in [0.2, 0.25) is 0 Å². The lowest BCUT2D eigenvalue weighted by Gasteiger charge is -2.31. The molecule has 1 aliphatic carbocycles. The lowest BCUT2D eigenvalue weighted by atomic mass is 9.93. The monoisotopic (exact) mass is 213 g/mol. The summed E-state index contributed by atoms with van der Waals surface area (Å²) in [7, 11) is 2.06. The average molecular weight is 213 g/mol. The molecule has 2 atom stereocenters. The van der Waals surface area contributed by atoms with Crippen LogP contribution in [0.25, 0.3) is 0 Å². The van der Waals surface area contributed by atoms with E-state index in [1.54, 1.807) is 0 Å². The van der Waals surface area contributed by atoms with Gasteiger partial charge in [-0.2, -0.15) is 0 Å². The molecule has 0 saturated heterocycles. The van der Waals surface area contributed by atoms with Gasteiger partial charge < -0.3 is 10.0 Å². The van der Waals surface area contributed by atoms with Crippen molar-refractivity contribution in [1.29, 1.82) is 0 Å². The second-order valence-electron chi connectivity index (χ2n) is 4.63. The van der Waals surface area contributed by atoms with Crippen LogP contribution < -0.4 is 0 Å². The minimum Gasteiger partial charge on any atom is -0.481 e. The van der Waals surface area contributed by atoms with Gasteiger partial charge in [-0.3, -0.25) is 4.79 Å². The van der Waals surface area contributed by atoms with Crippen LogP contribution in [0.4, 0.5) is 0 Å². The number of hydrogen-bond donors (Lipinski definition) is 1. The Bertz CT molecular complexity index is 206. The Morgan fingerprint density at radius 1 is 1.33 bits per heavy atom. The van der Waals surface area contributed by atoms with Crippen molar-refractivity contribution in [3.05, 3.63) is 0 Å². The molecule has 3 nitrogen and oxygen atoms in total. The molecule has 88 valence electrons. The minimum atomic E-state index is -0.607. The van der Waals surface area contributed by atoms with Crippen LogP contribution in [-0.4, -0.2) is 35.6 Å². The fraction of sp³-hybridized carbons (Fsp3) is 0.917. The van der Waals surface area contributed by atoms with Gasteiger partial charge in [-0.05, 0) is 32.9 Å². The van der Waals surface area contributed by atoms with Crippen molar-refractivity contribution in [2.24, 2.45) is 5.92 Å². The lowest BCUT2D eigenvalue weighted by molar-refractivity contribution is -0.144. The molecule has 2 unspecified atom stereocenters. The van der Waals surface area contributed by atoms with Gasteiger partial charge in [-0.15, -0.1) is 0 Å². The van der Waals surface area contributed by atoms with E-state index in [0.717, 1.165) is 32.2 Å². The fourth-order valence-corrected chi connectivity index (χ4v) is 2.62. The molecule has 0 bridgehead atoms. The molecule has 0 amide bonds.